The summed E-state index contributed by atoms with van der Waals surface area (Å²) in [4.78, 5) is 46.0. The molecule has 1 N–H and O–H groups in total. The molecule has 0 aromatic carbocycles. The second-order valence-electron chi connectivity index (χ2n) is 5.21. The number of aldehydes is 3. The first-order valence-electron chi connectivity index (χ1n) is 6.82. The first-order valence-corrected chi connectivity index (χ1v) is 6.82. The van der Waals surface area contributed by atoms with Gasteiger partial charge >= 0.3 is 5.97 Å². The summed E-state index contributed by atoms with van der Waals surface area (Å²) in [7, 11) is 0. The van der Waals surface area contributed by atoms with Crippen molar-refractivity contribution in [3.05, 3.63) is 12.7 Å². The van der Waals surface area contributed by atoms with Gasteiger partial charge in [0.05, 0.1) is 13.1 Å². The summed E-state index contributed by atoms with van der Waals surface area (Å²) in [5.74, 6) is -1.73. The highest BCUT2D eigenvalue weighted by Crippen LogP contribution is 2.36. The highest BCUT2D eigenvalue weighted by Gasteiger charge is 2.50. The van der Waals surface area contributed by atoms with E-state index in [-0.39, 0.29) is 25.4 Å². The fourth-order valence-electron chi connectivity index (χ4n) is 2.80. The van der Waals surface area contributed by atoms with Gasteiger partial charge in [-0.2, -0.15) is 0 Å². The lowest BCUT2D eigenvalue weighted by Gasteiger charge is -2.45. The molecule has 0 rings (SSSR count). The van der Waals surface area contributed by atoms with E-state index in [0.717, 1.165) is 0 Å². The molecule has 0 aromatic rings. The van der Waals surface area contributed by atoms with Crippen molar-refractivity contribution in [2.45, 2.75) is 32.2 Å². The second kappa shape index (κ2) is 9.18. The second-order valence-corrected chi connectivity index (χ2v) is 5.21. The van der Waals surface area contributed by atoms with Gasteiger partial charge in [0.25, 0.3) is 0 Å². The zero-order valence-corrected chi connectivity index (χ0v) is 12.5. The fraction of sp³-hybridized carbons (Fsp3) is 0.600. The molecule has 0 spiro atoms. The maximum absolute atomic E-state index is 12.0. The average molecular weight is 297 g/mol. The molecule has 0 amide bonds. The predicted octanol–water partition coefficient (Wildman–Crippen LogP) is 0.947. The van der Waals surface area contributed by atoms with Gasteiger partial charge in [-0.05, 0) is 18.3 Å². The zero-order chi connectivity index (χ0) is 16.5. The van der Waals surface area contributed by atoms with E-state index in [9.17, 15) is 24.3 Å². The minimum absolute atomic E-state index is 0.0696. The summed E-state index contributed by atoms with van der Waals surface area (Å²) in [6.45, 7) is 6.87. The Kier molecular flexibility index (Phi) is 8.38. The minimum Gasteiger partial charge on any atom is -0.480 e. The summed E-state index contributed by atoms with van der Waals surface area (Å²) < 4.78 is 0. The highest BCUT2D eigenvalue weighted by molar-refractivity contribution is 5.83. The summed E-state index contributed by atoms with van der Waals surface area (Å²) in [6, 6.07) is 0. The molecule has 21 heavy (non-hydrogen) atoms. The van der Waals surface area contributed by atoms with Gasteiger partial charge in [-0.15, -0.1) is 6.58 Å². The van der Waals surface area contributed by atoms with Gasteiger partial charge in [-0.25, -0.2) is 0 Å². The van der Waals surface area contributed by atoms with Gasteiger partial charge in [-0.3, -0.25) is 9.69 Å². The maximum atomic E-state index is 12.0. The number of allylic oxidation sites excluding steroid dienone is 1. The summed E-state index contributed by atoms with van der Waals surface area (Å²) in [5, 5.41) is 9.76. The number of carboxylic acid groups (broad SMARTS) is 1. The molecule has 0 bridgehead atoms. The van der Waals surface area contributed by atoms with Crippen LogP contribution in [0.2, 0.25) is 0 Å². The molecule has 0 saturated heterocycles. The Labute approximate surface area is 124 Å². The lowest BCUT2D eigenvalue weighted by Crippen LogP contribution is -2.61. The third kappa shape index (κ3) is 4.32. The Balaban J connectivity index is 6.05. The van der Waals surface area contributed by atoms with E-state index in [1.165, 1.54) is 4.90 Å². The number of carbonyl (C=O) groups excluding carboxylic acids is 3. The largest absolute Gasteiger partial charge is 0.480 e. The number of hydrogen-bond acceptors (Lipinski definition) is 5. The molecule has 0 radical (unpaired) electrons. The Morgan fingerprint density at radius 3 is 2.00 bits per heavy atom. The van der Waals surface area contributed by atoms with Crippen LogP contribution in [0.5, 0.6) is 0 Å². The molecular formula is C15H23NO5. The number of carboxylic acids is 1. The van der Waals surface area contributed by atoms with Crippen molar-refractivity contribution in [3.63, 3.8) is 0 Å². The summed E-state index contributed by atoms with van der Waals surface area (Å²) in [5.41, 5.74) is -1.59. The Morgan fingerprint density at radius 1 is 1.19 bits per heavy atom. The topological polar surface area (TPSA) is 91.8 Å². The molecule has 0 aliphatic rings. The van der Waals surface area contributed by atoms with Crippen LogP contribution in [0.15, 0.2) is 12.7 Å². The zero-order valence-electron chi connectivity index (χ0n) is 12.5. The SMILES string of the molecule is C=CCC(C(C)C)[C@@](CC=O)(C(=O)O)N(CC=O)CC=O. The summed E-state index contributed by atoms with van der Waals surface area (Å²) >= 11 is 0. The van der Waals surface area contributed by atoms with E-state index >= 15 is 0 Å². The lowest BCUT2D eigenvalue weighted by atomic mass is 9.72. The van der Waals surface area contributed by atoms with E-state index in [2.05, 4.69) is 6.58 Å². The van der Waals surface area contributed by atoms with Crippen molar-refractivity contribution < 1.29 is 24.3 Å². The van der Waals surface area contributed by atoms with Crippen molar-refractivity contribution in [1.82, 2.24) is 4.90 Å². The normalized spacial score (nSPS) is 15.2. The van der Waals surface area contributed by atoms with Gasteiger partial charge in [-0.1, -0.05) is 19.9 Å². The molecule has 0 aromatic heterocycles. The first kappa shape index (κ1) is 19.2. The highest BCUT2D eigenvalue weighted by atomic mass is 16.4. The van der Waals surface area contributed by atoms with Crippen molar-refractivity contribution in [1.29, 1.82) is 0 Å². The molecule has 6 nitrogen and oxygen atoms in total. The van der Waals surface area contributed by atoms with E-state index in [0.29, 0.717) is 25.3 Å². The van der Waals surface area contributed by atoms with Crippen LogP contribution in [0.25, 0.3) is 0 Å². The number of hydrogen-bond donors (Lipinski definition) is 1. The quantitative estimate of drug-likeness (QED) is 0.426. The van der Waals surface area contributed by atoms with Crippen molar-refractivity contribution in [2.24, 2.45) is 11.8 Å². The standard InChI is InChI=1S/C15H23NO5/c1-4-5-13(12(2)3)15(6-9-17,14(20)21)16(7-10-18)8-11-19/h4,9-13H,1,5-8H2,2-3H3,(H,20,21)/t13?,15-/m0/s1. The monoisotopic (exact) mass is 297 g/mol. The van der Waals surface area contributed by atoms with E-state index in [4.69, 9.17) is 0 Å². The molecule has 0 saturated carbocycles. The van der Waals surface area contributed by atoms with Crippen LogP contribution in [0.3, 0.4) is 0 Å². The summed E-state index contributed by atoms with van der Waals surface area (Å²) in [6.07, 6.45) is 3.27. The van der Waals surface area contributed by atoms with E-state index in [1.54, 1.807) is 6.08 Å². The Morgan fingerprint density at radius 2 is 1.71 bits per heavy atom. The van der Waals surface area contributed by atoms with Gasteiger partial charge in [0.2, 0.25) is 0 Å². The van der Waals surface area contributed by atoms with Crippen LogP contribution < -0.4 is 0 Å². The number of rotatable bonds is 12. The molecule has 0 aliphatic carbocycles. The van der Waals surface area contributed by atoms with Crippen molar-refractivity contribution in [2.75, 3.05) is 13.1 Å². The third-order valence-electron chi connectivity index (χ3n) is 3.76. The van der Waals surface area contributed by atoms with Gasteiger partial charge in [0.15, 0.2) is 0 Å². The van der Waals surface area contributed by atoms with Crippen LogP contribution in [-0.4, -0.2) is 53.5 Å². The van der Waals surface area contributed by atoms with Crippen molar-refractivity contribution >= 4 is 24.8 Å². The van der Waals surface area contributed by atoms with Gasteiger partial charge in [0, 0.05) is 6.42 Å². The Hall–Kier alpha value is -1.82. The first-order chi connectivity index (χ1) is 9.92. The molecule has 1 unspecified atom stereocenters. The third-order valence-corrected chi connectivity index (χ3v) is 3.76. The smallest absolute Gasteiger partial charge is 0.324 e. The molecule has 0 heterocycles. The van der Waals surface area contributed by atoms with Crippen LogP contribution in [0.4, 0.5) is 0 Å². The minimum atomic E-state index is -1.59. The van der Waals surface area contributed by atoms with E-state index in [1.807, 2.05) is 13.8 Å². The lowest BCUT2D eigenvalue weighted by molar-refractivity contribution is -0.160. The molecule has 2 atom stereocenters. The predicted molar refractivity (Wildman–Crippen MR) is 77.9 cm³/mol. The molecule has 0 fully saturated rings. The number of nitrogens with zero attached hydrogens (tertiary/aromatic N) is 1. The van der Waals surface area contributed by atoms with Gasteiger partial charge < -0.3 is 19.5 Å². The fourth-order valence-corrected chi connectivity index (χ4v) is 2.80. The van der Waals surface area contributed by atoms with Crippen LogP contribution in [-0.2, 0) is 19.2 Å². The maximum Gasteiger partial charge on any atom is 0.324 e. The van der Waals surface area contributed by atoms with Crippen LogP contribution >= 0.6 is 0 Å². The molecule has 0 aliphatic heterocycles. The van der Waals surface area contributed by atoms with Crippen LogP contribution in [0.1, 0.15) is 26.7 Å². The van der Waals surface area contributed by atoms with E-state index < -0.39 is 17.4 Å². The number of carbonyl (C=O) groups is 4. The van der Waals surface area contributed by atoms with Crippen LogP contribution in [0, 0.1) is 11.8 Å². The average Bonchev–Trinajstić information content (AvgIpc) is 2.42. The molecule has 6 heteroatoms. The van der Waals surface area contributed by atoms with Gasteiger partial charge in [0.1, 0.15) is 24.4 Å². The molecular weight excluding hydrogens is 274 g/mol. The number of aliphatic carboxylic acids is 1. The Bertz CT molecular complexity index is 384. The van der Waals surface area contributed by atoms with Crippen molar-refractivity contribution in [3.8, 4) is 0 Å². The molecule has 118 valence electrons.